The van der Waals surface area contributed by atoms with E-state index in [1.807, 2.05) is 0 Å². The van der Waals surface area contributed by atoms with Gasteiger partial charge in [0.15, 0.2) is 18.7 Å². The van der Waals surface area contributed by atoms with Crippen molar-refractivity contribution in [3.8, 4) is 0 Å². The predicted molar refractivity (Wildman–Crippen MR) is 162 cm³/mol. The van der Waals surface area contributed by atoms with Crippen LogP contribution < -0.4 is 0 Å². The molecule has 2 aliphatic heterocycles. The summed E-state index contributed by atoms with van der Waals surface area (Å²) in [5.41, 5.74) is 0. The molecule has 4 N–H and O–H groups in total. The van der Waals surface area contributed by atoms with Crippen molar-refractivity contribution in [1.82, 2.24) is 0 Å². The van der Waals surface area contributed by atoms with E-state index in [9.17, 15) is 30.0 Å². The van der Waals surface area contributed by atoms with Gasteiger partial charge in [-0.2, -0.15) is 0 Å². The van der Waals surface area contributed by atoms with E-state index in [-0.39, 0.29) is 6.61 Å². The molecule has 0 amide bonds. The Morgan fingerprint density at radius 3 is 1.73 bits per heavy atom. The first-order valence-electron chi connectivity index (χ1n) is 16.8. The Morgan fingerprint density at radius 2 is 1.20 bits per heavy atom. The SMILES string of the molecule is CCCCCCCCO[C@H]1[C@@H](OCCCCCCCC)[C@@H](COC(C)=O)O[C@@H](O[C@H]2[C@H](O)[C@@H](O)[C@H](O)O[C@@H]2CO)[C@@H]1OC(C)=O. The molecule has 2 fully saturated rings. The van der Waals surface area contributed by atoms with Gasteiger partial charge >= 0.3 is 11.9 Å². The number of aliphatic hydroxyl groups is 4. The fraction of sp³-hybridized carbons (Fsp3) is 0.938. The average Bonchev–Trinajstić information content (AvgIpc) is 3.00. The zero-order valence-electron chi connectivity index (χ0n) is 27.6. The van der Waals surface area contributed by atoms with Gasteiger partial charge in [0, 0.05) is 27.1 Å². The first-order chi connectivity index (χ1) is 21.6. The minimum absolute atomic E-state index is 0.214. The van der Waals surface area contributed by atoms with Crippen LogP contribution in [0.15, 0.2) is 0 Å². The Labute approximate surface area is 267 Å². The van der Waals surface area contributed by atoms with Crippen molar-refractivity contribution in [2.75, 3.05) is 26.4 Å². The number of ether oxygens (including phenoxy) is 7. The topological polar surface area (TPSA) is 180 Å². The molecule has 0 aromatic rings. The predicted octanol–water partition coefficient (Wildman–Crippen LogP) is 2.51. The molecule has 10 atom stereocenters. The van der Waals surface area contributed by atoms with E-state index in [1.165, 1.54) is 20.3 Å². The molecule has 0 radical (unpaired) electrons. The molecule has 0 unspecified atom stereocenters. The van der Waals surface area contributed by atoms with E-state index in [4.69, 9.17) is 33.2 Å². The molecule has 0 aromatic heterocycles. The Morgan fingerprint density at radius 1 is 0.644 bits per heavy atom. The van der Waals surface area contributed by atoms with E-state index < -0.39 is 80.0 Å². The average molecular weight is 651 g/mol. The molecule has 0 spiro atoms. The summed E-state index contributed by atoms with van der Waals surface area (Å²) in [5, 5.41) is 40.8. The van der Waals surface area contributed by atoms with Crippen LogP contribution in [0.2, 0.25) is 0 Å². The molecule has 13 heteroatoms. The van der Waals surface area contributed by atoms with Gasteiger partial charge < -0.3 is 53.6 Å². The Bertz CT molecular complexity index is 812. The molecule has 2 heterocycles. The monoisotopic (exact) mass is 650 g/mol. The van der Waals surface area contributed by atoms with Gasteiger partial charge in [0.25, 0.3) is 0 Å². The highest BCUT2D eigenvalue weighted by Gasteiger charge is 2.53. The van der Waals surface area contributed by atoms with Gasteiger partial charge in [-0.1, -0.05) is 78.1 Å². The van der Waals surface area contributed by atoms with Crippen LogP contribution in [0.25, 0.3) is 0 Å². The van der Waals surface area contributed by atoms with Crippen LogP contribution in [0, 0.1) is 0 Å². The van der Waals surface area contributed by atoms with Gasteiger partial charge in [0.05, 0.1) is 6.61 Å². The second-order valence-electron chi connectivity index (χ2n) is 12.0. The summed E-state index contributed by atoms with van der Waals surface area (Å²) >= 11 is 0. The van der Waals surface area contributed by atoms with Crippen molar-refractivity contribution in [2.45, 2.75) is 166 Å². The van der Waals surface area contributed by atoms with Crippen molar-refractivity contribution in [1.29, 1.82) is 0 Å². The highest BCUT2D eigenvalue weighted by atomic mass is 16.7. The Kier molecular flexibility index (Phi) is 19.6. The van der Waals surface area contributed by atoms with E-state index in [0.717, 1.165) is 70.6 Å². The summed E-state index contributed by atoms with van der Waals surface area (Å²) in [4.78, 5) is 24.2. The number of carbonyl (C=O) groups is 2. The van der Waals surface area contributed by atoms with Crippen molar-refractivity contribution in [3.63, 3.8) is 0 Å². The van der Waals surface area contributed by atoms with Gasteiger partial charge in [-0.25, -0.2) is 0 Å². The summed E-state index contributed by atoms with van der Waals surface area (Å²) in [6, 6.07) is 0. The summed E-state index contributed by atoms with van der Waals surface area (Å²) in [6.45, 7) is 6.65. The lowest BCUT2D eigenvalue weighted by molar-refractivity contribution is -0.360. The number of hydrogen-bond donors (Lipinski definition) is 4. The van der Waals surface area contributed by atoms with E-state index in [2.05, 4.69) is 13.8 Å². The van der Waals surface area contributed by atoms with Gasteiger partial charge in [-0.3, -0.25) is 9.59 Å². The molecule has 2 rings (SSSR count). The van der Waals surface area contributed by atoms with Crippen molar-refractivity contribution < 1.29 is 63.2 Å². The highest BCUT2D eigenvalue weighted by Crippen LogP contribution is 2.33. The molecule has 0 saturated carbocycles. The first-order valence-corrected chi connectivity index (χ1v) is 16.8. The quantitative estimate of drug-likeness (QED) is 0.0993. The molecule has 0 bridgehead atoms. The normalized spacial score (nSPS) is 31.9. The number of aliphatic hydroxyl groups excluding tert-OH is 4. The van der Waals surface area contributed by atoms with E-state index in [0.29, 0.717) is 13.2 Å². The standard InChI is InChI=1S/C32H58O13/c1-5-7-9-11-13-15-17-39-28-24(20-41-21(3)34)44-32(45-27-23(19-33)43-31(38)26(37)25(27)36)30(42-22(4)35)29(28)40-18-16-14-12-10-8-6-2/h23-33,36-38H,5-20H2,1-4H3/t23-,24-,25-,26-,27-,28+,29+,30-,31-,32+/m1/s1. The number of unbranched alkanes of at least 4 members (excludes halogenated alkanes) is 10. The molecule has 45 heavy (non-hydrogen) atoms. The van der Waals surface area contributed by atoms with Gasteiger partial charge in [-0.05, 0) is 12.8 Å². The minimum atomic E-state index is -1.75. The number of esters is 2. The van der Waals surface area contributed by atoms with Gasteiger partial charge in [0.2, 0.25) is 0 Å². The van der Waals surface area contributed by atoms with Crippen LogP contribution in [0.3, 0.4) is 0 Å². The summed E-state index contributed by atoms with van der Waals surface area (Å²) < 4.78 is 41.2. The molecular weight excluding hydrogens is 592 g/mol. The first kappa shape index (κ1) is 39.8. The smallest absolute Gasteiger partial charge is 0.303 e. The van der Waals surface area contributed by atoms with E-state index in [1.54, 1.807) is 0 Å². The Balaban J connectivity index is 2.32. The highest BCUT2D eigenvalue weighted by molar-refractivity contribution is 5.66. The van der Waals surface area contributed by atoms with Crippen molar-refractivity contribution >= 4 is 11.9 Å². The summed E-state index contributed by atoms with van der Waals surface area (Å²) in [5.74, 6) is -1.18. The minimum Gasteiger partial charge on any atom is -0.463 e. The lowest BCUT2D eigenvalue weighted by Crippen LogP contribution is -2.66. The van der Waals surface area contributed by atoms with Gasteiger partial charge in [0.1, 0.15) is 49.3 Å². The maximum absolute atomic E-state index is 12.4. The largest absolute Gasteiger partial charge is 0.463 e. The number of hydrogen-bond acceptors (Lipinski definition) is 13. The van der Waals surface area contributed by atoms with E-state index >= 15 is 0 Å². The van der Waals surface area contributed by atoms with Crippen LogP contribution in [-0.2, 0) is 42.7 Å². The van der Waals surface area contributed by atoms with Crippen LogP contribution in [0.1, 0.15) is 105 Å². The molecule has 0 aliphatic carbocycles. The molecule has 264 valence electrons. The van der Waals surface area contributed by atoms with Crippen LogP contribution in [0.4, 0.5) is 0 Å². The zero-order valence-corrected chi connectivity index (χ0v) is 27.6. The second-order valence-corrected chi connectivity index (χ2v) is 12.0. The third-order valence-electron chi connectivity index (χ3n) is 8.09. The maximum Gasteiger partial charge on any atom is 0.303 e. The lowest BCUT2D eigenvalue weighted by Gasteiger charge is -2.48. The third kappa shape index (κ3) is 13.7. The molecular formula is C32H58O13. The third-order valence-corrected chi connectivity index (χ3v) is 8.09. The Hall–Kier alpha value is -1.42. The molecule has 2 aliphatic rings. The van der Waals surface area contributed by atoms with Crippen LogP contribution in [-0.4, -0.2) is 120 Å². The second kappa shape index (κ2) is 22.2. The molecule has 0 aromatic carbocycles. The number of carbonyl (C=O) groups excluding carboxylic acids is 2. The fourth-order valence-corrected chi connectivity index (χ4v) is 5.62. The van der Waals surface area contributed by atoms with Crippen LogP contribution in [0.5, 0.6) is 0 Å². The van der Waals surface area contributed by atoms with Crippen LogP contribution >= 0.6 is 0 Å². The number of rotatable bonds is 22. The molecule has 13 nitrogen and oxygen atoms in total. The lowest BCUT2D eigenvalue weighted by atomic mass is 9.96. The molecule has 2 saturated heterocycles. The zero-order chi connectivity index (χ0) is 33.2. The van der Waals surface area contributed by atoms with Crippen molar-refractivity contribution in [3.05, 3.63) is 0 Å². The van der Waals surface area contributed by atoms with Crippen molar-refractivity contribution in [2.24, 2.45) is 0 Å². The summed E-state index contributed by atoms with van der Waals surface area (Å²) in [6.07, 6.45) is -0.507. The van der Waals surface area contributed by atoms with Gasteiger partial charge in [-0.15, -0.1) is 0 Å². The maximum atomic E-state index is 12.4. The summed E-state index contributed by atoms with van der Waals surface area (Å²) in [7, 11) is 0. The fourth-order valence-electron chi connectivity index (χ4n) is 5.62.